The molecule has 2 heterocycles. The van der Waals surface area contributed by atoms with E-state index in [1.807, 2.05) is 6.07 Å². The molecule has 2 saturated heterocycles. The molecule has 0 saturated carbocycles. The Morgan fingerprint density at radius 1 is 1.25 bits per heavy atom. The Morgan fingerprint density at radius 2 is 2.25 bits per heavy atom. The molecule has 2 aliphatic rings. The van der Waals surface area contributed by atoms with Crippen molar-refractivity contribution in [2.75, 3.05) is 44.3 Å². The van der Waals surface area contributed by atoms with Crippen molar-refractivity contribution in [3.8, 4) is 5.75 Å². The second kappa shape index (κ2) is 6.95. The second-order valence-corrected chi connectivity index (χ2v) is 5.53. The van der Waals surface area contributed by atoms with Crippen LogP contribution in [0.3, 0.4) is 0 Å². The van der Waals surface area contributed by atoms with Crippen molar-refractivity contribution < 1.29 is 9.47 Å². The Morgan fingerprint density at radius 3 is 3.15 bits per heavy atom. The molecule has 0 radical (unpaired) electrons. The standard InChI is InChI=1S/C16H24N2O2/c1-4-14(18-9-3-7-17-8-10-18)12-15(5-1)20-13-16-6-2-11-19-16/h1,4-5,12,16-17H,2-3,6-11,13H2. The number of ether oxygens (including phenoxy) is 2. The van der Waals surface area contributed by atoms with Gasteiger partial charge in [-0.3, -0.25) is 0 Å². The van der Waals surface area contributed by atoms with E-state index in [1.165, 1.54) is 12.1 Å². The first-order valence-corrected chi connectivity index (χ1v) is 7.72. The van der Waals surface area contributed by atoms with Crippen LogP contribution in [0.15, 0.2) is 24.3 Å². The van der Waals surface area contributed by atoms with E-state index < -0.39 is 0 Å². The smallest absolute Gasteiger partial charge is 0.121 e. The average molecular weight is 276 g/mol. The molecule has 2 fully saturated rings. The van der Waals surface area contributed by atoms with Crippen LogP contribution in [0, 0.1) is 0 Å². The first-order valence-electron chi connectivity index (χ1n) is 7.72. The Labute approximate surface area is 121 Å². The van der Waals surface area contributed by atoms with Crippen molar-refractivity contribution in [3.63, 3.8) is 0 Å². The lowest BCUT2D eigenvalue weighted by Gasteiger charge is -2.23. The summed E-state index contributed by atoms with van der Waals surface area (Å²) in [6.07, 6.45) is 3.76. The predicted molar refractivity (Wildman–Crippen MR) is 80.6 cm³/mol. The van der Waals surface area contributed by atoms with E-state index in [2.05, 4.69) is 28.4 Å². The summed E-state index contributed by atoms with van der Waals surface area (Å²) in [5, 5.41) is 3.43. The van der Waals surface area contributed by atoms with Crippen molar-refractivity contribution in [3.05, 3.63) is 24.3 Å². The Kier molecular flexibility index (Phi) is 4.77. The lowest BCUT2D eigenvalue weighted by Crippen LogP contribution is -2.27. The highest BCUT2D eigenvalue weighted by Crippen LogP contribution is 2.23. The molecule has 3 rings (SSSR count). The predicted octanol–water partition coefficient (Wildman–Crippen LogP) is 2.04. The molecule has 110 valence electrons. The number of nitrogens with one attached hydrogen (secondary N) is 1. The summed E-state index contributed by atoms with van der Waals surface area (Å²) in [5.74, 6) is 0.954. The van der Waals surface area contributed by atoms with E-state index in [1.54, 1.807) is 0 Å². The number of hydrogen-bond donors (Lipinski definition) is 1. The van der Waals surface area contributed by atoms with E-state index >= 15 is 0 Å². The Balaban J connectivity index is 1.59. The zero-order chi connectivity index (χ0) is 13.6. The summed E-state index contributed by atoms with van der Waals surface area (Å²) in [4.78, 5) is 2.43. The van der Waals surface area contributed by atoms with Crippen LogP contribution in [0.5, 0.6) is 5.75 Å². The van der Waals surface area contributed by atoms with Crippen LogP contribution in [0.4, 0.5) is 5.69 Å². The molecule has 4 heteroatoms. The van der Waals surface area contributed by atoms with Crippen molar-refractivity contribution in [2.24, 2.45) is 0 Å². The highest BCUT2D eigenvalue weighted by molar-refractivity contribution is 5.50. The zero-order valence-corrected chi connectivity index (χ0v) is 12.0. The number of rotatable bonds is 4. The molecule has 0 spiro atoms. The van der Waals surface area contributed by atoms with Crippen LogP contribution in [0.25, 0.3) is 0 Å². The molecule has 1 atom stereocenters. The molecule has 0 aliphatic carbocycles. The van der Waals surface area contributed by atoms with Crippen LogP contribution in [-0.4, -0.2) is 45.5 Å². The van der Waals surface area contributed by atoms with E-state index in [-0.39, 0.29) is 6.10 Å². The third-order valence-corrected chi connectivity index (χ3v) is 3.98. The first-order chi connectivity index (χ1) is 9.92. The van der Waals surface area contributed by atoms with Gasteiger partial charge in [0.2, 0.25) is 0 Å². The Bertz CT molecular complexity index is 411. The van der Waals surface area contributed by atoms with E-state index in [0.29, 0.717) is 6.61 Å². The van der Waals surface area contributed by atoms with Crippen LogP contribution in [0.1, 0.15) is 19.3 Å². The number of anilines is 1. The summed E-state index contributed by atoms with van der Waals surface area (Å²) >= 11 is 0. The highest BCUT2D eigenvalue weighted by Gasteiger charge is 2.16. The molecule has 2 aliphatic heterocycles. The fourth-order valence-corrected chi connectivity index (χ4v) is 2.84. The fraction of sp³-hybridized carbons (Fsp3) is 0.625. The first kappa shape index (κ1) is 13.7. The van der Waals surface area contributed by atoms with E-state index in [0.717, 1.165) is 51.4 Å². The fourth-order valence-electron chi connectivity index (χ4n) is 2.84. The molecular weight excluding hydrogens is 252 g/mol. The quantitative estimate of drug-likeness (QED) is 0.912. The SMILES string of the molecule is c1cc(OCC2CCCO2)cc(N2CCCNCC2)c1. The summed E-state index contributed by atoms with van der Waals surface area (Å²) in [7, 11) is 0. The molecule has 0 amide bonds. The van der Waals surface area contributed by atoms with Crippen LogP contribution >= 0.6 is 0 Å². The molecule has 20 heavy (non-hydrogen) atoms. The van der Waals surface area contributed by atoms with Crippen LogP contribution < -0.4 is 15.0 Å². The van der Waals surface area contributed by atoms with Crippen molar-refractivity contribution in [1.29, 1.82) is 0 Å². The van der Waals surface area contributed by atoms with Gasteiger partial charge in [-0.2, -0.15) is 0 Å². The van der Waals surface area contributed by atoms with Gasteiger partial charge in [-0.25, -0.2) is 0 Å². The van der Waals surface area contributed by atoms with Gasteiger partial charge in [-0.05, 0) is 37.9 Å². The van der Waals surface area contributed by atoms with Gasteiger partial charge < -0.3 is 19.7 Å². The summed E-state index contributed by atoms with van der Waals surface area (Å²) < 4.78 is 11.5. The lowest BCUT2D eigenvalue weighted by molar-refractivity contribution is 0.0680. The largest absolute Gasteiger partial charge is 0.491 e. The minimum absolute atomic E-state index is 0.279. The molecule has 0 aromatic heterocycles. The van der Waals surface area contributed by atoms with Crippen molar-refractivity contribution in [2.45, 2.75) is 25.4 Å². The van der Waals surface area contributed by atoms with Gasteiger partial charge in [0.15, 0.2) is 0 Å². The normalized spacial score (nSPS) is 23.6. The van der Waals surface area contributed by atoms with Crippen LogP contribution in [0.2, 0.25) is 0 Å². The zero-order valence-electron chi connectivity index (χ0n) is 12.0. The summed E-state index contributed by atoms with van der Waals surface area (Å²) in [6, 6.07) is 8.44. The second-order valence-electron chi connectivity index (χ2n) is 5.53. The van der Waals surface area contributed by atoms with Crippen LogP contribution in [-0.2, 0) is 4.74 Å². The maximum atomic E-state index is 5.89. The monoisotopic (exact) mass is 276 g/mol. The number of hydrogen-bond acceptors (Lipinski definition) is 4. The molecule has 1 aromatic carbocycles. The molecule has 4 nitrogen and oxygen atoms in total. The lowest BCUT2D eigenvalue weighted by atomic mass is 10.2. The maximum absolute atomic E-state index is 5.89. The summed E-state index contributed by atoms with van der Waals surface area (Å²) in [6.45, 7) is 5.91. The van der Waals surface area contributed by atoms with Gasteiger partial charge in [-0.15, -0.1) is 0 Å². The van der Waals surface area contributed by atoms with Gasteiger partial charge in [0.25, 0.3) is 0 Å². The molecular formula is C16H24N2O2. The Hall–Kier alpha value is -1.26. The summed E-state index contributed by atoms with van der Waals surface area (Å²) in [5.41, 5.74) is 1.26. The third kappa shape index (κ3) is 3.64. The third-order valence-electron chi connectivity index (χ3n) is 3.98. The maximum Gasteiger partial charge on any atom is 0.121 e. The van der Waals surface area contributed by atoms with Gasteiger partial charge in [0, 0.05) is 38.0 Å². The molecule has 0 bridgehead atoms. The van der Waals surface area contributed by atoms with E-state index in [9.17, 15) is 0 Å². The molecule has 1 N–H and O–H groups in total. The highest BCUT2D eigenvalue weighted by atomic mass is 16.5. The topological polar surface area (TPSA) is 33.7 Å². The van der Waals surface area contributed by atoms with Gasteiger partial charge in [-0.1, -0.05) is 6.07 Å². The minimum Gasteiger partial charge on any atom is -0.491 e. The van der Waals surface area contributed by atoms with E-state index in [4.69, 9.17) is 9.47 Å². The minimum atomic E-state index is 0.279. The van der Waals surface area contributed by atoms with Gasteiger partial charge >= 0.3 is 0 Å². The molecule has 1 unspecified atom stereocenters. The number of benzene rings is 1. The average Bonchev–Trinajstić information content (AvgIpc) is 2.86. The van der Waals surface area contributed by atoms with Gasteiger partial charge in [0.1, 0.15) is 12.4 Å². The van der Waals surface area contributed by atoms with Gasteiger partial charge in [0.05, 0.1) is 6.10 Å². The van der Waals surface area contributed by atoms with Crippen molar-refractivity contribution >= 4 is 5.69 Å². The van der Waals surface area contributed by atoms with Crippen molar-refractivity contribution in [1.82, 2.24) is 5.32 Å². The number of nitrogens with zero attached hydrogens (tertiary/aromatic N) is 1. The molecule has 1 aromatic rings.